The number of urea groups is 1. The average Bonchev–Trinajstić information content (AvgIpc) is 3.07. The molecule has 1 aromatic rings. The molecule has 1 atom stereocenters. The second-order valence-corrected chi connectivity index (χ2v) is 6.87. The minimum atomic E-state index is -0.448. The number of carbonyl (C=O) groups is 3. The minimum absolute atomic E-state index is 0.0565. The van der Waals surface area contributed by atoms with Gasteiger partial charge in [-0.3, -0.25) is 14.9 Å². The molecule has 2 rings (SSSR count). The van der Waals surface area contributed by atoms with Crippen LogP contribution in [0.15, 0.2) is 24.3 Å². The fraction of sp³-hybridized carbons (Fsp3) is 0.526. The Morgan fingerprint density at radius 2 is 1.73 bits per heavy atom. The Morgan fingerprint density at radius 1 is 1.08 bits per heavy atom. The van der Waals surface area contributed by atoms with E-state index < -0.39 is 6.03 Å². The van der Waals surface area contributed by atoms with E-state index in [2.05, 4.69) is 16.0 Å². The number of hydrogen-bond acceptors (Lipinski definition) is 3. The molecule has 26 heavy (non-hydrogen) atoms. The Bertz CT molecular complexity index is 641. The Kier molecular flexibility index (Phi) is 7.59. The molecule has 1 saturated carbocycles. The van der Waals surface area contributed by atoms with Gasteiger partial charge in [-0.25, -0.2) is 4.79 Å². The van der Waals surface area contributed by atoms with Gasteiger partial charge in [0.05, 0.1) is 7.05 Å². The van der Waals surface area contributed by atoms with Crippen molar-refractivity contribution in [2.75, 3.05) is 25.5 Å². The van der Waals surface area contributed by atoms with Crippen molar-refractivity contribution in [3.63, 3.8) is 0 Å². The third kappa shape index (κ3) is 6.48. The molecule has 0 heterocycles. The first-order chi connectivity index (χ1) is 12.5. The van der Waals surface area contributed by atoms with Gasteiger partial charge in [0.1, 0.15) is 0 Å². The SMILES string of the molecule is CCc1ccccc1NC(=O)C[NH+](C)CC(=O)NC(=O)NC1CCCC1. The number of para-hydroxylation sites is 1. The third-order valence-corrected chi connectivity index (χ3v) is 4.54. The number of carbonyl (C=O) groups excluding carboxylic acids is 3. The van der Waals surface area contributed by atoms with Crippen LogP contribution < -0.4 is 20.9 Å². The van der Waals surface area contributed by atoms with E-state index in [0.29, 0.717) is 4.90 Å². The summed E-state index contributed by atoms with van der Waals surface area (Å²) >= 11 is 0. The first kappa shape index (κ1) is 19.9. The fourth-order valence-corrected chi connectivity index (χ4v) is 3.22. The van der Waals surface area contributed by atoms with Crippen LogP contribution in [-0.4, -0.2) is 44.0 Å². The molecular formula is C19H29N4O3+. The molecule has 1 fully saturated rings. The van der Waals surface area contributed by atoms with E-state index in [9.17, 15) is 14.4 Å². The Labute approximate surface area is 154 Å². The van der Waals surface area contributed by atoms with Crippen molar-refractivity contribution >= 4 is 23.5 Å². The highest BCUT2D eigenvalue weighted by molar-refractivity contribution is 5.95. The van der Waals surface area contributed by atoms with Crippen molar-refractivity contribution in [1.82, 2.24) is 10.6 Å². The maximum Gasteiger partial charge on any atom is 0.321 e. The second kappa shape index (κ2) is 9.91. The summed E-state index contributed by atoms with van der Waals surface area (Å²) in [5, 5.41) is 8.03. The lowest BCUT2D eigenvalue weighted by molar-refractivity contribution is -0.862. The number of aryl methyl sites for hydroxylation is 1. The number of amides is 4. The summed E-state index contributed by atoms with van der Waals surface area (Å²) in [5.41, 5.74) is 1.87. The van der Waals surface area contributed by atoms with Crippen molar-refractivity contribution in [1.29, 1.82) is 0 Å². The molecule has 7 nitrogen and oxygen atoms in total. The number of anilines is 1. The molecule has 0 spiro atoms. The van der Waals surface area contributed by atoms with E-state index in [1.165, 1.54) is 0 Å². The molecule has 4 amide bonds. The van der Waals surface area contributed by atoms with Crippen molar-refractivity contribution < 1.29 is 19.3 Å². The number of benzene rings is 1. The summed E-state index contributed by atoms with van der Waals surface area (Å²) in [6.45, 7) is 2.24. The van der Waals surface area contributed by atoms with E-state index in [-0.39, 0.29) is 30.9 Å². The molecule has 1 aliphatic carbocycles. The van der Waals surface area contributed by atoms with Gasteiger partial charge in [0.25, 0.3) is 11.8 Å². The van der Waals surface area contributed by atoms with Gasteiger partial charge in [-0.05, 0) is 30.9 Å². The maximum absolute atomic E-state index is 12.2. The van der Waals surface area contributed by atoms with Gasteiger partial charge in [-0.15, -0.1) is 0 Å². The van der Waals surface area contributed by atoms with Crippen LogP contribution >= 0.6 is 0 Å². The lowest BCUT2D eigenvalue weighted by Gasteiger charge is -2.15. The Hall–Kier alpha value is -2.41. The normalized spacial score (nSPS) is 15.3. The van der Waals surface area contributed by atoms with Crippen molar-refractivity contribution in [3.8, 4) is 0 Å². The maximum atomic E-state index is 12.2. The van der Waals surface area contributed by atoms with Gasteiger partial charge in [0.15, 0.2) is 13.1 Å². The molecule has 0 radical (unpaired) electrons. The van der Waals surface area contributed by atoms with Gasteiger partial charge < -0.3 is 15.5 Å². The lowest BCUT2D eigenvalue weighted by atomic mass is 10.1. The van der Waals surface area contributed by atoms with E-state index in [0.717, 1.165) is 43.4 Å². The summed E-state index contributed by atoms with van der Waals surface area (Å²) in [7, 11) is 1.75. The summed E-state index contributed by atoms with van der Waals surface area (Å²) in [4.78, 5) is 36.6. The van der Waals surface area contributed by atoms with E-state index in [4.69, 9.17) is 0 Å². The monoisotopic (exact) mass is 361 g/mol. The quantitative estimate of drug-likeness (QED) is 0.569. The van der Waals surface area contributed by atoms with E-state index >= 15 is 0 Å². The Morgan fingerprint density at radius 3 is 2.42 bits per heavy atom. The number of hydrogen-bond donors (Lipinski definition) is 4. The highest BCUT2D eigenvalue weighted by Gasteiger charge is 2.20. The number of quaternary nitrogens is 1. The zero-order valence-electron chi connectivity index (χ0n) is 15.6. The molecule has 142 valence electrons. The first-order valence-electron chi connectivity index (χ1n) is 9.27. The third-order valence-electron chi connectivity index (χ3n) is 4.54. The van der Waals surface area contributed by atoms with Crippen LogP contribution in [0.1, 0.15) is 38.2 Å². The molecule has 0 aliphatic heterocycles. The standard InChI is InChI=1S/C19H28N4O3/c1-3-14-8-4-7-11-16(14)21-17(24)12-23(2)13-18(25)22-19(26)20-15-9-5-6-10-15/h4,7-8,11,15H,3,5-6,9-10,12-13H2,1-2H3,(H,21,24)(H2,20,22,25,26)/p+1. The van der Waals surface area contributed by atoms with E-state index in [1.807, 2.05) is 31.2 Å². The van der Waals surface area contributed by atoms with Crippen LogP contribution in [0.25, 0.3) is 0 Å². The topological polar surface area (TPSA) is 91.7 Å². The summed E-state index contributed by atoms with van der Waals surface area (Å²) in [5.74, 6) is -0.550. The highest BCUT2D eigenvalue weighted by atomic mass is 16.2. The minimum Gasteiger partial charge on any atom is -0.335 e. The van der Waals surface area contributed by atoms with Crippen LogP contribution in [0.2, 0.25) is 0 Å². The molecular weight excluding hydrogens is 332 g/mol. The van der Waals surface area contributed by atoms with Crippen LogP contribution in [-0.2, 0) is 16.0 Å². The summed E-state index contributed by atoms with van der Waals surface area (Å²) in [6, 6.07) is 7.37. The summed E-state index contributed by atoms with van der Waals surface area (Å²) in [6.07, 6.45) is 4.99. The van der Waals surface area contributed by atoms with Gasteiger partial charge in [-0.1, -0.05) is 38.0 Å². The van der Waals surface area contributed by atoms with Gasteiger partial charge >= 0.3 is 6.03 Å². The number of likely N-dealkylation sites (N-methyl/N-ethyl adjacent to an activating group) is 1. The van der Waals surface area contributed by atoms with Crippen molar-refractivity contribution in [2.24, 2.45) is 0 Å². The van der Waals surface area contributed by atoms with Crippen LogP contribution in [0, 0.1) is 0 Å². The molecule has 1 unspecified atom stereocenters. The molecule has 4 N–H and O–H groups in total. The van der Waals surface area contributed by atoms with Gasteiger partial charge in [-0.2, -0.15) is 0 Å². The summed E-state index contributed by atoms with van der Waals surface area (Å²) < 4.78 is 0. The van der Waals surface area contributed by atoms with Gasteiger partial charge in [0.2, 0.25) is 0 Å². The van der Waals surface area contributed by atoms with Crippen LogP contribution in [0.4, 0.5) is 10.5 Å². The van der Waals surface area contributed by atoms with Gasteiger partial charge in [0, 0.05) is 11.7 Å². The Balaban J connectivity index is 1.72. The first-order valence-corrected chi connectivity index (χ1v) is 9.27. The predicted molar refractivity (Wildman–Crippen MR) is 100 cm³/mol. The largest absolute Gasteiger partial charge is 0.335 e. The smallest absolute Gasteiger partial charge is 0.321 e. The lowest BCUT2D eigenvalue weighted by Crippen LogP contribution is -3.11. The van der Waals surface area contributed by atoms with Crippen molar-refractivity contribution in [2.45, 2.75) is 45.1 Å². The predicted octanol–water partition coefficient (Wildman–Crippen LogP) is 0.471. The van der Waals surface area contributed by atoms with Crippen LogP contribution in [0.5, 0.6) is 0 Å². The van der Waals surface area contributed by atoms with Crippen LogP contribution in [0.3, 0.4) is 0 Å². The molecule has 0 aromatic heterocycles. The fourth-order valence-electron chi connectivity index (χ4n) is 3.22. The average molecular weight is 361 g/mol. The second-order valence-electron chi connectivity index (χ2n) is 6.87. The molecule has 0 bridgehead atoms. The molecule has 1 aliphatic rings. The number of rotatable bonds is 7. The zero-order chi connectivity index (χ0) is 18.9. The number of nitrogens with one attached hydrogen (secondary N) is 4. The molecule has 0 saturated heterocycles. The zero-order valence-corrected chi connectivity index (χ0v) is 15.6. The molecule has 1 aromatic carbocycles. The molecule has 7 heteroatoms. The highest BCUT2D eigenvalue weighted by Crippen LogP contribution is 2.17. The van der Waals surface area contributed by atoms with E-state index in [1.54, 1.807) is 7.05 Å². The van der Waals surface area contributed by atoms with Crippen molar-refractivity contribution in [3.05, 3.63) is 29.8 Å². The number of imide groups is 1.